The van der Waals surface area contributed by atoms with Crippen molar-refractivity contribution in [2.75, 3.05) is 0 Å². The van der Waals surface area contributed by atoms with E-state index in [0.29, 0.717) is 5.84 Å². The van der Waals surface area contributed by atoms with Gasteiger partial charge in [-0.15, -0.1) is 5.10 Å². The van der Waals surface area contributed by atoms with Crippen molar-refractivity contribution in [2.45, 2.75) is 6.54 Å². The molecule has 0 saturated heterocycles. The first-order valence-electron chi connectivity index (χ1n) is 6.70. The average molecular weight is 279 g/mol. The van der Waals surface area contributed by atoms with Gasteiger partial charge in [0.05, 0.1) is 0 Å². The van der Waals surface area contributed by atoms with E-state index in [4.69, 9.17) is 11.6 Å². The molecule has 0 unspecified atom stereocenters. The van der Waals surface area contributed by atoms with Crippen LogP contribution in [0.5, 0.6) is 0 Å². The molecule has 5 N–H and O–H groups in total. The molecule has 3 aromatic rings. The van der Waals surface area contributed by atoms with Gasteiger partial charge in [-0.25, -0.2) is 11.4 Å². The van der Waals surface area contributed by atoms with Crippen LogP contribution in [0, 0.1) is 0 Å². The zero-order valence-corrected chi connectivity index (χ0v) is 11.5. The van der Waals surface area contributed by atoms with Crippen molar-refractivity contribution >= 4 is 16.7 Å². The molecule has 3 rings (SSSR count). The summed E-state index contributed by atoms with van der Waals surface area (Å²) in [7, 11) is 0. The van der Waals surface area contributed by atoms with Gasteiger partial charge < -0.3 is 10.3 Å². The summed E-state index contributed by atoms with van der Waals surface area (Å²) in [6.45, 7) is 0.819. The van der Waals surface area contributed by atoms with E-state index in [2.05, 4.69) is 39.6 Å². The fourth-order valence-corrected chi connectivity index (χ4v) is 2.49. The molecule has 0 saturated carbocycles. The van der Waals surface area contributed by atoms with E-state index in [1.54, 1.807) is 0 Å². The molecule has 2 aromatic carbocycles. The lowest BCUT2D eigenvalue weighted by Gasteiger charge is -2.07. The van der Waals surface area contributed by atoms with Gasteiger partial charge >= 0.3 is 0 Å². The fourth-order valence-electron chi connectivity index (χ4n) is 2.49. The van der Waals surface area contributed by atoms with Crippen LogP contribution in [0.1, 0.15) is 11.1 Å². The monoisotopic (exact) mass is 279 g/mol. The third-order valence-electron chi connectivity index (χ3n) is 3.47. The second-order valence-electron chi connectivity index (χ2n) is 4.79. The lowest BCUT2D eigenvalue weighted by atomic mass is 10.1. The Morgan fingerprint density at radius 3 is 2.62 bits per heavy atom. The highest BCUT2D eigenvalue weighted by Gasteiger charge is 2.08. The van der Waals surface area contributed by atoms with E-state index < -0.39 is 0 Å². The van der Waals surface area contributed by atoms with Crippen LogP contribution in [-0.4, -0.2) is 10.4 Å². The van der Waals surface area contributed by atoms with Gasteiger partial charge in [0.15, 0.2) is 5.84 Å². The van der Waals surface area contributed by atoms with Crippen molar-refractivity contribution in [3.63, 3.8) is 0 Å². The Hall–Kier alpha value is -2.79. The first kappa shape index (κ1) is 13.2. The Labute approximate surface area is 122 Å². The van der Waals surface area contributed by atoms with E-state index in [9.17, 15) is 0 Å². The van der Waals surface area contributed by atoms with E-state index >= 15 is 0 Å². The Balaban J connectivity index is 2.03. The minimum atomic E-state index is 0.376. The van der Waals surface area contributed by atoms with E-state index in [1.165, 1.54) is 5.56 Å². The van der Waals surface area contributed by atoms with Crippen molar-refractivity contribution in [3.8, 4) is 0 Å². The zero-order valence-electron chi connectivity index (χ0n) is 11.5. The van der Waals surface area contributed by atoms with Crippen LogP contribution < -0.4 is 17.1 Å². The van der Waals surface area contributed by atoms with Gasteiger partial charge in [-0.3, -0.25) is 0 Å². The first-order valence-corrected chi connectivity index (χ1v) is 6.70. The number of hydrogen-bond acceptors (Lipinski definition) is 3. The number of hydrogen-bond donors (Lipinski definition) is 3. The predicted octanol–water partition coefficient (Wildman–Crippen LogP) is 1.77. The third kappa shape index (κ3) is 2.59. The maximum Gasteiger partial charge on any atom is 0.152 e. The first-order chi connectivity index (χ1) is 10.3. The SMILES string of the molecule is NN/N=C(\N)c1cccc2c1ccn2Cc1ccccc1. The Morgan fingerprint density at radius 2 is 1.86 bits per heavy atom. The Kier molecular flexibility index (Phi) is 3.57. The summed E-state index contributed by atoms with van der Waals surface area (Å²) in [5.74, 6) is 5.57. The van der Waals surface area contributed by atoms with Crippen LogP contribution in [0.4, 0.5) is 0 Å². The molecule has 5 nitrogen and oxygen atoms in total. The van der Waals surface area contributed by atoms with Gasteiger partial charge in [-0.05, 0) is 17.7 Å². The van der Waals surface area contributed by atoms with Crippen LogP contribution in [-0.2, 0) is 6.54 Å². The maximum atomic E-state index is 5.93. The number of nitrogens with two attached hydrogens (primary N) is 2. The zero-order chi connectivity index (χ0) is 14.7. The number of rotatable bonds is 4. The standard InChI is InChI=1S/C16H17N5/c17-16(19-20-18)14-7-4-8-15-13(14)9-10-21(15)11-12-5-2-1-3-6-12/h1-10,20H,11,18H2,(H2,17,19). The molecule has 0 radical (unpaired) electrons. The van der Waals surface area contributed by atoms with Gasteiger partial charge in [0, 0.05) is 29.2 Å². The lowest BCUT2D eigenvalue weighted by molar-refractivity contribution is 0.804. The fraction of sp³-hybridized carbons (Fsp3) is 0.0625. The third-order valence-corrected chi connectivity index (χ3v) is 3.47. The molecule has 0 aliphatic carbocycles. The molecule has 0 atom stereocenters. The summed E-state index contributed by atoms with van der Waals surface area (Å²) in [6.07, 6.45) is 2.06. The molecule has 0 fully saturated rings. The summed E-state index contributed by atoms with van der Waals surface area (Å²) < 4.78 is 2.19. The van der Waals surface area contributed by atoms with Crippen LogP contribution in [0.3, 0.4) is 0 Å². The van der Waals surface area contributed by atoms with Crippen LogP contribution in [0.2, 0.25) is 0 Å². The van der Waals surface area contributed by atoms with Crippen molar-refractivity contribution < 1.29 is 0 Å². The van der Waals surface area contributed by atoms with Gasteiger partial charge in [-0.1, -0.05) is 42.5 Å². The summed E-state index contributed by atoms with van der Waals surface area (Å²) in [5, 5.41) is 4.91. The predicted molar refractivity (Wildman–Crippen MR) is 85.5 cm³/mol. The molecule has 0 spiro atoms. The molecule has 21 heavy (non-hydrogen) atoms. The summed E-state index contributed by atoms with van der Waals surface area (Å²) in [5.41, 5.74) is 11.4. The summed E-state index contributed by atoms with van der Waals surface area (Å²) in [4.78, 5) is 0. The molecule has 5 heteroatoms. The molecule has 0 aliphatic rings. The molecular weight excluding hydrogens is 262 g/mol. The lowest BCUT2D eigenvalue weighted by Crippen LogP contribution is -2.23. The van der Waals surface area contributed by atoms with Crippen molar-refractivity contribution in [1.82, 2.24) is 10.1 Å². The smallest absolute Gasteiger partial charge is 0.152 e. The summed E-state index contributed by atoms with van der Waals surface area (Å²) in [6, 6.07) is 18.4. The number of benzene rings is 2. The number of amidine groups is 1. The normalized spacial score (nSPS) is 11.8. The van der Waals surface area contributed by atoms with Crippen LogP contribution >= 0.6 is 0 Å². The number of nitrogens with one attached hydrogen (secondary N) is 1. The Morgan fingerprint density at radius 1 is 1.05 bits per heavy atom. The molecule has 0 bridgehead atoms. The highest BCUT2D eigenvalue weighted by atomic mass is 15.5. The number of hydrazine groups is 1. The minimum absolute atomic E-state index is 0.376. The van der Waals surface area contributed by atoms with Gasteiger partial charge in [0.1, 0.15) is 0 Å². The number of fused-ring (bicyclic) bond motifs is 1. The van der Waals surface area contributed by atoms with E-state index in [-0.39, 0.29) is 0 Å². The van der Waals surface area contributed by atoms with Crippen molar-refractivity contribution in [1.29, 1.82) is 0 Å². The number of hydrazone groups is 1. The highest BCUT2D eigenvalue weighted by molar-refractivity contribution is 6.08. The average Bonchev–Trinajstić information content (AvgIpc) is 2.92. The van der Waals surface area contributed by atoms with Crippen molar-refractivity contribution in [3.05, 3.63) is 71.9 Å². The summed E-state index contributed by atoms with van der Waals surface area (Å²) >= 11 is 0. The molecule has 0 amide bonds. The maximum absolute atomic E-state index is 5.93. The quantitative estimate of drug-likeness (QED) is 0.295. The van der Waals surface area contributed by atoms with Gasteiger partial charge in [-0.2, -0.15) is 0 Å². The van der Waals surface area contributed by atoms with Gasteiger partial charge in [0.2, 0.25) is 0 Å². The largest absolute Gasteiger partial charge is 0.382 e. The van der Waals surface area contributed by atoms with Crippen LogP contribution in [0.25, 0.3) is 10.9 Å². The second kappa shape index (κ2) is 5.68. The molecule has 0 aliphatic heterocycles. The number of nitrogens with zero attached hydrogens (tertiary/aromatic N) is 2. The molecular formula is C16H17N5. The number of aromatic nitrogens is 1. The molecule has 1 heterocycles. The van der Waals surface area contributed by atoms with Crippen LogP contribution in [0.15, 0.2) is 65.9 Å². The van der Waals surface area contributed by atoms with Crippen molar-refractivity contribution in [2.24, 2.45) is 16.7 Å². The minimum Gasteiger partial charge on any atom is -0.382 e. The molecule has 106 valence electrons. The van der Waals surface area contributed by atoms with E-state index in [1.807, 2.05) is 36.4 Å². The Bertz CT molecular complexity index is 774. The molecule has 1 aromatic heterocycles. The topological polar surface area (TPSA) is 81.4 Å². The van der Waals surface area contributed by atoms with E-state index in [0.717, 1.165) is 23.0 Å². The van der Waals surface area contributed by atoms with Gasteiger partial charge in [0.25, 0.3) is 0 Å². The second-order valence-corrected chi connectivity index (χ2v) is 4.79. The highest BCUT2D eigenvalue weighted by Crippen LogP contribution is 2.21.